The van der Waals surface area contributed by atoms with Crippen LogP contribution in [0, 0.1) is 11.3 Å². The van der Waals surface area contributed by atoms with E-state index in [0.29, 0.717) is 22.3 Å². The Morgan fingerprint density at radius 3 is 2.78 bits per heavy atom. The van der Waals surface area contributed by atoms with Gasteiger partial charge in [-0.3, -0.25) is 4.79 Å². The Morgan fingerprint density at radius 1 is 1.48 bits per heavy atom. The molecule has 0 spiro atoms. The first-order valence-corrected chi connectivity index (χ1v) is 8.17. The van der Waals surface area contributed by atoms with Gasteiger partial charge in [0.15, 0.2) is 5.78 Å². The molecule has 0 atom stereocenters. The molecular weight excluding hydrogens is 304 g/mol. The molecule has 23 heavy (non-hydrogen) atoms. The van der Waals surface area contributed by atoms with Crippen molar-refractivity contribution in [2.45, 2.75) is 13.8 Å². The van der Waals surface area contributed by atoms with Crippen LogP contribution in [0.15, 0.2) is 71.3 Å². The molecule has 1 aromatic carbocycles. The van der Waals surface area contributed by atoms with Crippen LogP contribution in [-0.4, -0.2) is 11.5 Å². The maximum Gasteiger partial charge on any atom is 0.194 e. The molecule has 0 bridgehead atoms. The molecule has 0 fully saturated rings. The molecule has 0 unspecified atom stereocenters. The topological polar surface area (TPSA) is 66.9 Å². The largest absolute Gasteiger partial charge is 0.405 e. The van der Waals surface area contributed by atoms with Crippen LogP contribution in [0.25, 0.3) is 0 Å². The van der Waals surface area contributed by atoms with E-state index in [2.05, 4.69) is 12.6 Å². The molecule has 0 saturated carbocycles. The number of ketones is 1. The van der Waals surface area contributed by atoms with Crippen LogP contribution in [0.1, 0.15) is 29.8 Å². The number of carbonyl (C=O) groups is 1. The Morgan fingerprint density at radius 2 is 2.22 bits per heavy atom. The minimum atomic E-state index is -0.133. The first-order valence-electron chi connectivity index (χ1n) is 7.18. The van der Waals surface area contributed by atoms with Crippen molar-refractivity contribution >= 4 is 17.5 Å². The molecule has 0 aliphatic heterocycles. The SMILES string of the molecule is C=C/C=C(\C=C/N)C(/C(=O)c1cccc(C#N)c1)=C(\C)SCC. The van der Waals surface area contributed by atoms with Gasteiger partial charge in [-0.1, -0.05) is 37.8 Å². The smallest absolute Gasteiger partial charge is 0.194 e. The number of nitriles is 1. The van der Waals surface area contributed by atoms with E-state index in [1.165, 1.54) is 6.20 Å². The van der Waals surface area contributed by atoms with Crippen molar-refractivity contribution < 1.29 is 4.79 Å². The summed E-state index contributed by atoms with van der Waals surface area (Å²) in [4.78, 5) is 13.9. The number of allylic oxidation sites excluding steroid dienone is 6. The van der Waals surface area contributed by atoms with Gasteiger partial charge in [0.2, 0.25) is 0 Å². The summed E-state index contributed by atoms with van der Waals surface area (Å²) in [5, 5.41) is 9.02. The van der Waals surface area contributed by atoms with Gasteiger partial charge in [-0.15, -0.1) is 11.8 Å². The van der Waals surface area contributed by atoms with E-state index < -0.39 is 0 Å². The van der Waals surface area contributed by atoms with Crippen molar-refractivity contribution in [3.63, 3.8) is 0 Å². The summed E-state index contributed by atoms with van der Waals surface area (Å²) < 4.78 is 0. The Labute approximate surface area is 141 Å². The van der Waals surface area contributed by atoms with Gasteiger partial charge < -0.3 is 5.73 Å². The Balaban J connectivity index is 3.48. The Bertz CT molecular complexity index is 721. The lowest BCUT2D eigenvalue weighted by Crippen LogP contribution is -2.08. The molecule has 3 nitrogen and oxygen atoms in total. The van der Waals surface area contributed by atoms with Gasteiger partial charge in [0, 0.05) is 11.1 Å². The number of hydrogen-bond acceptors (Lipinski definition) is 4. The lowest BCUT2D eigenvalue weighted by Gasteiger charge is -2.12. The monoisotopic (exact) mass is 324 g/mol. The van der Waals surface area contributed by atoms with E-state index in [1.54, 1.807) is 54.3 Å². The number of nitrogens with zero attached hydrogens (tertiary/aromatic N) is 1. The molecular formula is C19H20N2OS. The molecule has 118 valence electrons. The lowest BCUT2D eigenvalue weighted by molar-refractivity contribution is 0.103. The summed E-state index contributed by atoms with van der Waals surface area (Å²) in [6.07, 6.45) is 6.46. The highest BCUT2D eigenvalue weighted by Crippen LogP contribution is 2.28. The molecule has 0 aromatic heterocycles. The number of hydrogen-bond donors (Lipinski definition) is 1. The van der Waals surface area contributed by atoms with Crippen LogP contribution in [0.5, 0.6) is 0 Å². The summed E-state index contributed by atoms with van der Waals surface area (Å²) >= 11 is 1.60. The predicted molar refractivity (Wildman–Crippen MR) is 97.9 cm³/mol. The fraction of sp³-hybridized carbons (Fsp3) is 0.158. The Kier molecular flexibility index (Phi) is 7.65. The molecule has 0 aliphatic rings. The number of benzene rings is 1. The molecule has 0 radical (unpaired) electrons. The third-order valence-corrected chi connectivity index (χ3v) is 3.98. The van der Waals surface area contributed by atoms with Crippen molar-refractivity contribution in [1.82, 2.24) is 0 Å². The predicted octanol–water partition coefficient (Wildman–Crippen LogP) is 4.35. The van der Waals surface area contributed by atoms with Gasteiger partial charge in [0.25, 0.3) is 0 Å². The minimum absolute atomic E-state index is 0.133. The van der Waals surface area contributed by atoms with Crippen LogP contribution in [0.3, 0.4) is 0 Å². The lowest BCUT2D eigenvalue weighted by atomic mass is 9.95. The summed E-state index contributed by atoms with van der Waals surface area (Å²) in [5.74, 6) is 0.723. The van der Waals surface area contributed by atoms with Gasteiger partial charge in [0.05, 0.1) is 11.6 Å². The second kappa shape index (κ2) is 9.50. The third-order valence-electron chi connectivity index (χ3n) is 3.06. The van der Waals surface area contributed by atoms with Crippen LogP contribution < -0.4 is 5.73 Å². The van der Waals surface area contributed by atoms with Gasteiger partial charge >= 0.3 is 0 Å². The quantitative estimate of drug-likeness (QED) is 0.460. The number of Topliss-reactive ketones (excluding diaryl/α,β-unsaturated/α-hetero) is 1. The summed E-state index contributed by atoms with van der Waals surface area (Å²) in [6, 6.07) is 8.76. The Hall–Kier alpha value is -2.51. The number of thioether (sulfide) groups is 1. The van der Waals surface area contributed by atoms with Crippen LogP contribution >= 0.6 is 11.8 Å². The maximum absolute atomic E-state index is 13.0. The molecule has 0 aliphatic carbocycles. The van der Waals surface area contributed by atoms with Crippen molar-refractivity contribution in [3.8, 4) is 6.07 Å². The van der Waals surface area contributed by atoms with E-state index in [0.717, 1.165) is 10.7 Å². The average Bonchev–Trinajstić information content (AvgIpc) is 2.55. The van der Waals surface area contributed by atoms with Crippen molar-refractivity contribution in [1.29, 1.82) is 5.26 Å². The summed E-state index contributed by atoms with van der Waals surface area (Å²) in [5.41, 5.74) is 7.74. The first kappa shape index (κ1) is 18.5. The van der Waals surface area contributed by atoms with E-state index >= 15 is 0 Å². The third kappa shape index (κ3) is 5.01. The maximum atomic E-state index is 13.0. The highest BCUT2D eigenvalue weighted by Gasteiger charge is 2.18. The van der Waals surface area contributed by atoms with Gasteiger partial charge in [-0.2, -0.15) is 5.26 Å². The molecule has 2 N–H and O–H groups in total. The van der Waals surface area contributed by atoms with E-state index in [-0.39, 0.29) is 5.78 Å². The zero-order chi connectivity index (χ0) is 17.2. The normalized spacial score (nSPS) is 12.7. The van der Waals surface area contributed by atoms with Crippen LogP contribution in [-0.2, 0) is 0 Å². The van der Waals surface area contributed by atoms with Crippen LogP contribution in [0.4, 0.5) is 0 Å². The first-order chi connectivity index (χ1) is 11.1. The highest BCUT2D eigenvalue weighted by molar-refractivity contribution is 8.03. The summed E-state index contributed by atoms with van der Waals surface area (Å²) in [7, 11) is 0. The molecule has 0 heterocycles. The number of nitrogens with two attached hydrogens (primary N) is 1. The number of carbonyl (C=O) groups excluding carboxylic acids is 1. The van der Waals surface area contributed by atoms with E-state index in [9.17, 15) is 4.79 Å². The molecule has 0 amide bonds. The van der Waals surface area contributed by atoms with Gasteiger partial charge in [0.1, 0.15) is 0 Å². The molecule has 4 heteroatoms. The van der Waals surface area contributed by atoms with E-state index in [1.807, 2.05) is 13.8 Å². The fourth-order valence-corrected chi connectivity index (χ4v) is 2.90. The van der Waals surface area contributed by atoms with Crippen molar-refractivity contribution in [2.24, 2.45) is 5.73 Å². The van der Waals surface area contributed by atoms with Gasteiger partial charge in [-0.25, -0.2) is 0 Å². The van der Waals surface area contributed by atoms with Gasteiger partial charge in [-0.05, 0) is 47.6 Å². The average molecular weight is 324 g/mol. The zero-order valence-electron chi connectivity index (χ0n) is 13.4. The van der Waals surface area contributed by atoms with Crippen molar-refractivity contribution in [3.05, 3.63) is 82.5 Å². The second-order valence-electron chi connectivity index (χ2n) is 4.60. The minimum Gasteiger partial charge on any atom is -0.405 e. The zero-order valence-corrected chi connectivity index (χ0v) is 14.2. The van der Waals surface area contributed by atoms with Crippen LogP contribution in [0.2, 0.25) is 0 Å². The molecule has 1 rings (SSSR count). The van der Waals surface area contributed by atoms with Crippen molar-refractivity contribution in [2.75, 3.05) is 5.75 Å². The fourth-order valence-electron chi connectivity index (χ4n) is 2.11. The molecule has 1 aromatic rings. The van der Waals surface area contributed by atoms with E-state index in [4.69, 9.17) is 11.0 Å². The molecule has 0 saturated heterocycles. The second-order valence-corrected chi connectivity index (χ2v) is 6.08. The highest BCUT2D eigenvalue weighted by atomic mass is 32.2. The number of rotatable bonds is 7. The summed E-state index contributed by atoms with van der Waals surface area (Å²) in [6.45, 7) is 7.64. The standard InChI is InChI=1S/C19H20N2OS/c1-4-7-16(10-11-20)18(14(3)23-5-2)19(22)17-9-6-8-15(12-17)13-21/h4,6-12H,1,5,20H2,2-3H3/b11-10-,16-7+,18-14-.